The second-order valence-corrected chi connectivity index (χ2v) is 6.30. The number of methoxy groups -OCH3 is 1. The first-order valence-electron chi connectivity index (χ1n) is 7.62. The van der Waals surface area contributed by atoms with Crippen molar-refractivity contribution in [2.45, 2.75) is 57.0 Å². The minimum absolute atomic E-state index is 0.159. The van der Waals surface area contributed by atoms with E-state index in [-0.39, 0.29) is 5.97 Å². The van der Waals surface area contributed by atoms with Gasteiger partial charge in [-0.15, -0.1) is 0 Å². The first kappa shape index (κ1) is 14.8. The number of nitrogens with one attached hydrogen (secondary N) is 1. The van der Waals surface area contributed by atoms with Crippen LogP contribution in [0.5, 0.6) is 0 Å². The molecule has 0 amide bonds. The van der Waals surface area contributed by atoms with Crippen LogP contribution in [-0.4, -0.2) is 49.7 Å². The van der Waals surface area contributed by atoms with Gasteiger partial charge in [0.15, 0.2) is 0 Å². The van der Waals surface area contributed by atoms with Gasteiger partial charge in [0.25, 0.3) is 0 Å². The lowest BCUT2D eigenvalue weighted by Gasteiger charge is -2.46. The Balaban J connectivity index is 2.05. The van der Waals surface area contributed by atoms with Gasteiger partial charge in [-0.3, -0.25) is 9.69 Å². The van der Waals surface area contributed by atoms with Gasteiger partial charge in [-0.1, -0.05) is 12.8 Å². The van der Waals surface area contributed by atoms with E-state index in [4.69, 9.17) is 4.74 Å². The van der Waals surface area contributed by atoms with Gasteiger partial charge in [-0.2, -0.15) is 0 Å². The number of likely N-dealkylation sites (N-methyl/N-ethyl adjacent to an activating group) is 1. The zero-order valence-corrected chi connectivity index (χ0v) is 12.6. The van der Waals surface area contributed by atoms with Crippen LogP contribution in [0, 0.1) is 5.92 Å². The van der Waals surface area contributed by atoms with E-state index in [2.05, 4.69) is 10.2 Å². The minimum atomic E-state index is -0.589. The summed E-state index contributed by atoms with van der Waals surface area (Å²) in [6.07, 6.45) is 8.03. The number of hydrogen-bond acceptors (Lipinski definition) is 4. The highest BCUT2D eigenvalue weighted by Crippen LogP contribution is 2.35. The van der Waals surface area contributed by atoms with E-state index in [1.54, 1.807) is 0 Å². The molecule has 0 aromatic heterocycles. The molecule has 0 bridgehead atoms. The molecule has 0 aromatic rings. The van der Waals surface area contributed by atoms with E-state index in [0.717, 1.165) is 19.0 Å². The molecule has 1 N–H and O–H groups in total. The van der Waals surface area contributed by atoms with Crippen LogP contribution in [0.4, 0.5) is 0 Å². The fourth-order valence-corrected chi connectivity index (χ4v) is 3.80. The largest absolute Gasteiger partial charge is 0.468 e. The van der Waals surface area contributed by atoms with Crippen molar-refractivity contribution in [3.8, 4) is 0 Å². The number of carbonyl (C=O) groups is 1. The maximum atomic E-state index is 12.0. The average Bonchev–Trinajstić information content (AvgIpc) is 2.46. The number of esters is 1. The molecule has 4 nitrogen and oxygen atoms in total. The Kier molecular flexibility index (Phi) is 4.85. The van der Waals surface area contributed by atoms with Crippen molar-refractivity contribution in [3.05, 3.63) is 0 Å². The summed E-state index contributed by atoms with van der Waals surface area (Å²) in [7, 11) is 3.32. The highest BCUT2D eigenvalue weighted by Gasteiger charge is 2.40. The van der Waals surface area contributed by atoms with Crippen LogP contribution in [0.3, 0.4) is 0 Å². The van der Waals surface area contributed by atoms with E-state index < -0.39 is 5.54 Å². The fourth-order valence-electron chi connectivity index (χ4n) is 3.80. The number of carbonyl (C=O) groups excluding carboxylic acids is 1. The van der Waals surface area contributed by atoms with Crippen LogP contribution < -0.4 is 5.32 Å². The maximum Gasteiger partial charge on any atom is 0.327 e. The van der Waals surface area contributed by atoms with E-state index in [1.165, 1.54) is 45.6 Å². The Morgan fingerprint density at radius 2 is 2.00 bits per heavy atom. The average molecular weight is 268 g/mol. The Labute approximate surface area is 116 Å². The molecule has 1 saturated carbocycles. The number of piperidine rings is 1. The fraction of sp³-hybridized carbons (Fsp3) is 0.933. The molecule has 1 saturated heterocycles. The molecule has 3 unspecified atom stereocenters. The van der Waals surface area contributed by atoms with Gasteiger partial charge in [-0.05, 0) is 52.1 Å². The Morgan fingerprint density at radius 1 is 1.32 bits per heavy atom. The summed E-state index contributed by atoms with van der Waals surface area (Å²) < 4.78 is 4.96. The lowest BCUT2D eigenvalue weighted by molar-refractivity contribution is -0.149. The molecule has 0 spiro atoms. The first-order chi connectivity index (χ1) is 9.10. The van der Waals surface area contributed by atoms with Crippen molar-refractivity contribution >= 4 is 5.97 Å². The molecular formula is C15H28N2O2. The van der Waals surface area contributed by atoms with Crippen LogP contribution in [-0.2, 0) is 9.53 Å². The van der Waals surface area contributed by atoms with Gasteiger partial charge >= 0.3 is 5.97 Å². The molecule has 3 atom stereocenters. The summed E-state index contributed by atoms with van der Waals surface area (Å²) in [5.74, 6) is 0.689. The van der Waals surface area contributed by atoms with E-state index in [0.29, 0.717) is 6.04 Å². The van der Waals surface area contributed by atoms with Crippen molar-refractivity contribution < 1.29 is 9.53 Å². The smallest absolute Gasteiger partial charge is 0.327 e. The zero-order chi connectivity index (χ0) is 13.9. The van der Waals surface area contributed by atoms with Crippen molar-refractivity contribution in [2.24, 2.45) is 5.92 Å². The molecule has 1 aliphatic carbocycles. The van der Waals surface area contributed by atoms with Crippen LogP contribution in [0.15, 0.2) is 0 Å². The molecule has 4 heteroatoms. The molecule has 2 rings (SSSR count). The van der Waals surface area contributed by atoms with Crippen molar-refractivity contribution in [1.29, 1.82) is 0 Å². The molecule has 1 heterocycles. The van der Waals surface area contributed by atoms with Crippen molar-refractivity contribution in [3.63, 3.8) is 0 Å². The lowest BCUT2D eigenvalue weighted by Crippen LogP contribution is -2.60. The first-order valence-corrected chi connectivity index (χ1v) is 7.62. The molecule has 2 aliphatic rings. The number of nitrogens with zero attached hydrogens (tertiary/aromatic N) is 1. The number of likely N-dealkylation sites (tertiary alicyclic amines) is 1. The lowest BCUT2D eigenvalue weighted by atomic mass is 9.78. The second kappa shape index (κ2) is 6.23. The summed E-state index contributed by atoms with van der Waals surface area (Å²) in [6, 6.07) is 0.680. The topological polar surface area (TPSA) is 41.6 Å². The molecule has 110 valence electrons. The Hall–Kier alpha value is -0.610. The number of fused-ring (bicyclic) bond motifs is 1. The third kappa shape index (κ3) is 3.11. The predicted molar refractivity (Wildman–Crippen MR) is 76.0 cm³/mol. The van der Waals surface area contributed by atoms with Crippen LogP contribution in [0.2, 0.25) is 0 Å². The summed E-state index contributed by atoms with van der Waals surface area (Å²) in [4.78, 5) is 14.5. The van der Waals surface area contributed by atoms with Crippen LogP contribution in [0.25, 0.3) is 0 Å². The Morgan fingerprint density at radius 3 is 2.68 bits per heavy atom. The second-order valence-electron chi connectivity index (χ2n) is 6.30. The van der Waals surface area contributed by atoms with Crippen molar-refractivity contribution in [2.75, 3.05) is 27.2 Å². The van der Waals surface area contributed by atoms with Crippen LogP contribution in [0.1, 0.15) is 45.4 Å². The third-order valence-electron chi connectivity index (χ3n) is 5.07. The SMILES string of the molecule is CNC(C)(CN1CCCC2CCCCC21)C(=O)OC. The molecule has 1 aliphatic heterocycles. The normalized spacial score (nSPS) is 31.3. The maximum absolute atomic E-state index is 12.0. The van der Waals surface area contributed by atoms with Gasteiger partial charge in [-0.25, -0.2) is 0 Å². The number of hydrogen-bond donors (Lipinski definition) is 1. The highest BCUT2D eigenvalue weighted by molar-refractivity contribution is 5.80. The molecule has 19 heavy (non-hydrogen) atoms. The standard InChI is InChI=1S/C15H28N2O2/c1-15(16-2,14(18)19-3)11-17-10-6-8-12-7-4-5-9-13(12)17/h12-13,16H,4-11H2,1-3H3. The van der Waals surface area contributed by atoms with Gasteiger partial charge in [0.2, 0.25) is 0 Å². The van der Waals surface area contributed by atoms with Gasteiger partial charge in [0, 0.05) is 12.6 Å². The Bertz CT molecular complexity index is 319. The quantitative estimate of drug-likeness (QED) is 0.789. The molecular weight excluding hydrogens is 240 g/mol. The van der Waals surface area contributed by atoms with Gasteiger partial charge in [0.05, 0.1) is 7.11 Å². The molecule has 2 fully saturated rings. The summed E-state index contributed by atoms with van der Waals surface area (Å²) in [5, 5.41) is 3.16. The number of rotatable bonds is 4. The van der Waals surface area contributed by atoms with Gasteiger partial charge in [0.1, 0.15) is 5.54 Å². The summed E-state index contributed by atoms with van der Waals surface area (Å²) in [6.45, 7) is 3.83. The highest BCUT2D eigenvalue weighted by atomic mass is 16.5. The van der Waals surface area contributed by atoms with Crippen LogP contribution >= 0.6 is 0 Å². The van der Waals surface area contributed by atoms with E-state index >= 15 is 0 Å². The predicted octanol–water partition coefficient (Wildman–Crippen LogP) is 1.79. The molecule has 0 aromatic carbocycles. The number of ether oxygens (including phenoxy) is 1. The third-order valence-corrected chi connectivity index (χ3v) is 5.07. The van der Waals surface area contributed by atoms with E-state index in [1.807, 2.05) is 14.0 Å². The monoisotopic (exact) mass is 268 g/mol. The van der Waals surface area contributed by atoms with E-state index in [9.17, 15) is 4.79 Å². The molecule has 0 radical (unpaired) electrons. The summed E-state index contributed by atoms with van der Waals surface area (Å²) >= 11 is 0. The van der Waals surface area contributed by atoms with Gasteiger partial charge < -0.3 is 10.1 Å². The van der Waals surface area contributed by atoms with Crippen molar-refractivity contribution in [1.82, 2.24) is 10.2 Å². The summed E-state index contributed by atoms with van der Waals surface area (Å²) in [5.41, 5.74) is -0.589. The minimum Gasteiger partial charge on any atom is -0.468 e. The zero-order valence-electron chi connectivity index (χ0n) is 12.6.